The molecule has 0 aliphatic heterocycles. The van der Waals surface area contributed by atoms with Crippen molar-refractivity contribution >= 4 is 11.7 Å². The van der Waals surface area contributed by atoms with E-state index in [0.29, 0.717) is 13.0 Å². The Bertz CT molecular complexity index is 698. The lowest BCUT2D eigenvalue weighted by Gasteiger charge is -2.11. The molecule has 1 atom stereocenters. The van der Waals surface area contributed by atoms with E-state index in [-0.39, 0.29) is 5.69 Å². The first-order valence-corrected chi connectivity index (χ1v) is 7.27. The number of hydrogen-bond donors (Lipinski definition) is 1. The largest absolute Gasteiger partial charge is 0.465 e. The number of benzene rings is 2. The van der Waals surface area contributed by atoms with Crippen LogP contribution in [0.25, 0.3) is 11.1 Å². The van der Waals surface area contributed by atoms with Gasteiger partial charge in [-0.15, -0.1) is 0 Å². The van der Waals surface area contributed by atoms with Crippen LogP contribution in [0.4, 0.5) is 5.69 Å². The normalized spacial score (nSPS) is 11.7. The van der Waals surface area contributed by atoms with Crippen molar-refractivity contribution in [2.45, 2.75) is 19.4 Å². The van der Waals surface area contributed by atoms with Crippen molar-refractivity contribution in [3.63, 3.8) is 0 Å². The summed E-state index contributed by atoms with van der Waals surface area (Å²) in [5.74, 6) is -0.421. The minimum atomic E-state index is -0.696. The zero-order valence-electron chi connectivity index (χ0n) is 12.8. The molecule has 6 heteroatoms. The van der Waals surface area contributed by atoms with Crippen molar-refractivity contribution in [1.82, 2.24) is 0 Å². The second kappa shape index (κ2) is 7.51. The molecule has 0 aliphatic rings. The van der Waals surface area contributed by atoms with Crippen molar-refractivity contribution < 1.29 is 14.5 Å². The van der Waals surface area contributed by atoms with Crippen molar-refractivity contribution in [3.8, 4) is 11.1 Å². The molecule has 2 rings (SSSR count). The maximum absolute atomic E-state index is 11.5. The molecular formula is C17H18N2O4. The van der Waals surface area contributed by atoms with Gasteiger partial charge in [-0.3, -0.25) is 14.9 Å². The van der Waals surface area contributed by atoms with Gasteiger partial charge in [-0.1, -0.05) is 36.4 Å². The Morgan fingerprint density at radius 3 is 2.52 bits per heavy atom. The lowest BCUT2D eigenvalue weighted by Crippen LogP contribution is -2.34. The lowest BCUT2D eigenvalue weighted by molar-refractivity contribution is -0.384. The zero-order valence-corrected chi connectivity index (χ0v) is 12.8. The number of carbonyl (C=O) groups is 1. The van der Waals surface area contributed by atoms with Gasteiger partial charge in [-0.25, -0.2) is 0 Å². The molecule has 120 valence electrons. The summed E-state index contributed by atoms with van der Waals surface area (Å²) < 4.78 is 4.88. The van der Waals surface area contributed by atoms with Crippen LogP contribution in [0.5, 0.6) is 0 Å². The van der Waals surface area contributed by atoms with E-state index >= 15 is 0 Å². The Morgan fingerprint density at radius 2 is 1.91 bits per heavy atom. The average molecular weight is 314 g/mol. The fourth-order valence-electron chi connectivity index (χ4n) is 2.22. The molecule has 0 radical (unpaired) electrons. The molecule has 2 aromatic rings. The Kier molecular flexibility index (Phi) is 5.43. The second-order valence-electron chi connectivity index (χ2n) is 5.07. The van der Waals surface area contributed by atoms with Gasteiger partial charge in [0.05, 0.1) is 11.5 Å². The van der Waals surface area contributed by atoms with E-state index in [0.717, 1.165) is 16.7 Å². The summed E-state index contributed by atoms with van der Waals surface area (Å²) in [7, 11) is 0. The molecule has 0 aliphatic carbocycles. The molecule has 0 amide bonds. The first kappa shape index (κ1) is 16.6. The Hall–Kier alpha value is -2.73. The third-order valence-electron chi connectivity index (χ3n) is 3.39. The number of esters is 1. The van der Waals surface area contributed by atoms with E-state index in [1.165, 1.54) is 12.1 Å². The van der Waals surface area contributed by atoms with E-state index in [1.807, 2.05) is 30.3 Å². The molecule has 0 spiro atoms. The summed E-state index contributed by atoms with van der Waals surface area (Å²) in [4.78, 5) is 21.9. The highest BCUT2D eigenvalue weighted by molar-refractivity contribution is 5.76. The molecule has 23 heavy (non-hydrogen) atoms. The van der Waals surface area contributed by atoms with Gasteiger partial charge in [0, 0.05) is 12.1 Å². The van der Waals surface area contributed by atoms with E-state index in [9.17, 15) is 14.9 Å². The number of nitro groups is 1. The number of hydrogen-bond acceptors (Lipinski definition) is 5. The minimum absolute atomic E-state index is 0.0518. The van der Waals surface area contributed by atoms with Gasteiger partial charge in [0.25, 0.3) is 5.69 Å². The van der Waals surface area contributed by atoms with Crippen molar-refractivity contribution in [2.24, 2.45) is 5.73 Å². The fraction of sp³-hybridized carbons (Fsp3) is 0.235. The molecule has 2 N–H and O–H groups in total. The fourth-order valence-corrected chi connectivity index (χ4v) is 2.22. The van der Waals surface area contributed by atoms with Crippen LogP contribution < -0.4 is 5.73 Å². The summed E-state index contributed by atoms with van der Waals surface area (Å²) in [6, 6.07) is 13.2. The molecule has 0 fully saturated rings. The maximum atomic E-state index is 11.5. The van der Waals surface area contributed by atoms with Crippen LogP contribution in [0, 0.1) is 10.1 Å². The number of nitrogens with two attached hydrogens (primary N) is 1. The van der Waals surface area contributed by atoms with Gasteiger partial charge in [-0.05, 0) is 30.0 Å². The highest BCUT2D eigenvalue weighted by Crippen LogP contribution is 2.24. The first-order valence-electron chi connectivity index (χ1n) is 7.27. The molecule has 0 unspecified atom stereocenters. The molecule has 0 heterocycles. The number of rotatable bonds is 6. The summed E-state index contributed by atoms with van der Waals surface area (Å²) in [6.07, 6.45) is 0.383. The minimum Gasteiger partial charge on any atom is -0.465 e. The summed E-state index contributed by atoms with van der Waals surface area (Å²) in [5, 5.41) is 10.8. The van der Waals surface area contributed by atoms with Crippen LogP contribution in [-0.2, 0) is 16.0 Å². The quantitative estimate of drug-likeness (QED) is 0.502. The maximum Gasteiger partial charge on any atom is 0.323 e. The molecule has 6 nitrogen and oxygen atoms in total. The van der Waals surface area contributed by atoms with Gasteiger partial charge in [0.2, 0.25) is 0 Å². The second-order valence-corrected chi connectivity index (χ2v) is 5.07. The van der Waals surface area contributed by atoms with Crippen LogP contribution in [0.2, 0.25) is 0 Å². The van der Waals surface area contributed by atoms with Crippen molar-refractivity contribution in [3.05, 3.63) is 64.2 Å². The standard InChI is InChI=1S/C17H18N2O4/c1-2-23-17(20)16(18)10-12-6-8-13(9-7-12)14-4-3-5-15(11-14)19(21)22/h3-9,11,16H,2,10,18H2,1H3/t16-/m0/s1. The van der Waals surface area contributed by atoms with Crippen LogP contribution in [0.15, 0.2) is 48.5 Å². The molecule has 0 saturated heterocycles. The number of carbonyl (C=O) groups excluding carboxylic acids is 1. The van der Waals surface area contributed by atoms with Gasteiger partial charge in [0.15, 0.2) is 0 Å². The average Bonchev–Trinajstić information content (AvgIpc) is 2.56. The molecule has 0 aromatic heterocycles. The Labute approximate surface area is 134 Å². The SMILES string of the molecule is CCOC(=O)[C@@H](N)Cc1ccc(-c2cccc([N+](=O)[O-])c2)cc1. The Morgan fingerprint density at radius 1 is 1.22 bits per heavy atom. The number of nitro benzene ring substituents is 1. The van der Waals surface area contributed by atoms with E-state index in [2.05, 4.69) is 0 Å². The van der Waals surface area contributed by atoms with Crippen LogP contribution in [0.1, 0.15) is 12.5 Å². The van der Waals surface area contributed by atoms with E-state index in [4.69, 9.17) is 10.5 Å². The molecule has 0 saturated carbocycles. The van der Waals surface area contributed by atoms with Crippen LogP contribution >= 0.6 is 0 Å². The molecule has 2 aromatic carbocycles. The predicted octanol–water partition coefficient (Wildman–Crippen LogP) is 2.69. The highest BCUT2D eigenvalue weighted by Gasteiger charge is 2.15. The number of nitrogens with zero attached hydrogens (tertiary/aromatic N) is 1. The third-order valence-corrected chi connectivity index (χ3v) is 3.39. The monoisotopic (exact) mass is 314 g/mol. The zero-order chi connectivity index (χ0) is 16.8. The number of non-ortho nitro benzene ring substituents is 1. The van der Waals surface area contributed by atoms with Crippen molar-refractivity contribution in [1.29, 1.82) is 0 Å². The lowest BCUT2D eigenvalue weighted by atomic mass is 10.0. The molecular weight excluding hydrogens is 296 g/mol. The van der Waals surface area contributed by atoms with E-state index < -0.39 is 16.9 Å². The van der Waals surface area contributed by atoms with E-state index in [1.54, 1.807) is 13.0 Å². The number of ether oxygens (including phenoxy) is 1. The highest BCUT2D eigenvalue weighted by atomic mass is 16.6. The summed E-state index contributed by atoms with van der Waals surface area (Å²) in [5.41, 5.74) is 8.37. The first-order chi connectivity index (χ1) is 11.0. The predicted molar refractivity (Wildman–Crippen MR) is 86.8 cm³/mol. The van der Waals surface area contributed by atoms with Crippen molar-refractivity contribution in [2.75, 3.05) is 6.61 Å². The Balaban J connectivity index is 2.12. The van der Waals surface area contributed by atoms with Crippen LogP contribution in [-0.4, -0.2) is 23.5 Å². The molecule has 0 bridgehead atoms. The van der Waals surface area contributed by atoms with Gasteiger partial charge in [-0.2, -0.15) is 0 Å². The van der Waals surface area contributed by atoms with Crippen LogP contribution in [0.3, 0.4) is 0 Å². The third kappa shape index (κ3) is 4.37. The topological polar surface area (TPSA) is 95.5 Å². The summed E-state index contributed by atoms with van der Waals surface area (Å²) in [6.45, 7) is 2.04. The van der Waals surface area contributed by atoms with Gasteiger partial charge < -0.3 is 10.5 Å². The smallest absolute Gasteiger partial charge is 0.323 e. The van der Waals surface area contributed by atoms with Gasteiger partial charge in [0.1, 0.15) is 6.04 Å². The van der Waals surface area contributed by atoms with Gasteiger partial charge >= 0.3 is 5.97 Å². The summed E-state index contributed by atoms with van der Waals surface area (Å²) >= 11 is 0.